The van der Waals surface area contributed by atoms with Gasteiger partial charge in [0.25, 0.3) is 0 Å². The van der Waals surface area contributed by atoms with E-state index in [2.05, 4.69) is 0 Å². The number of hydrogen-bond acceptors (Lipinski definition) is 6. The quantitative estimate of drug-likeness (QED) is 0.766. The highest BCUT2D eigenvalue weighted by molar-refractivity contribution is 5.91. The fourth-order valence-corrected chi connectivity index (χ4v) is 2.83. The zero-order valence-electron chi connectivity index (χ0n) is 14.2. The summed E-state index contributed by atoms with van der Waals surface area (Å²) in [4.78, 5) is 13.0. The molecule has 3 rings (SSSR count). The topological polar surface area (TPSA) is 78.1 Å². The van der Waals surface area contributed by atoms with Crippen molar-refractivity contribution < 1.29 is 23.7 Å². The van der Waals surface area contributed by atoms with Crippen LogP contribution in [-0.4, -0.2) is 26.4 Å². The van der Waals surface area contributed by atoms with Crippen LogP contribution in [0.4, 0.5) is 0 Å². The Kier molecular flexibility index (Phi) is 4.63. The zero-order valence-corrected chi connectivity index (χ0v) is 14.2. The lowest BCUT2D eigenvalue weighted by Gasteiger charge is -2.13. The Hall–Kier alpha value is -2.99. The van der Waals surface area contributed by atoms with Crippen molar-refractivity contribution in [2.75, 3.05) is 21.3 Å². The van der Waals surface area contributed by atoms with Gasteiger partial charge in [-0.25, -0.2) is 0 Å². The minimum absolute atomic E-state index is 0.0799. The van der Waals surface area contributed by atoms with Gasteiger partial charge in [-0.15, -0.1) is 0 Å². The summed E-state index contributed by atoms with van der Waals surface area (Å²) in [5, 5.41) is 10.4. The van der Waals surface area contributed by atoms with E-state index in [9.17, 15) is 9.90 Å². The van der Waals surface area contributed by atoms with Gasteiger partial charge in [0, 0.05) is 18.7 Å². The van der Waals surface area contributed by atoms with Crippen LogP contribution in [0.15, 0.2) is 45.8 Å². The van der Waals surface area contributed by atoms with Crippen molar-refractivity contribution in [3.05, 3.63) is 52.4 Å². The molecule has 130 valence electrons. The Bertz CT molecular complexity index is 974. The largest absolute Gasteiger partial charge is 0.507 e. The molecule has 25 heavy (non-hydrogen) atoms. The van der Waals surface area contributed by atoms with Gasteiger partial charge in [-0.2, -0.15) is 0 Å². The monoisotopic (exact) mass is 342 g/mol. The van der Waals surface area contributed by atoms with Crippen molar-refractivity contribution in [3.63, 3.8) is 0 Å². The molecule has 0 atom stereocenters. The predicted octanol–water partition coefficient (Wildman–Crippen LogP) is 3.33. The van der Waals surface area contributed by atoms with E-state index in [0.717, 1.165) is 0 Å². The number of phenols is 1. The highest BCUT2D eigenvalue weighted by atomic mass is 16.5. The number of para-hydroxylation sites is 1. The van der Waals surface area contributed by atoms with Crippen molar-refractivity contribution in [1.82, 2.24) is 0 Å². The number of ether oxygens (including phenoxy) is 3. The van der Waals surface area contributed by atoms with Crippen LogP contribution in [0.3, 0.4) is 0 Å². The minimum Gasteiger partial charge on any atom is -0.507 e. The normalized spacial score (nSPS) is 10.8. The summed E-state index contributed by atoms with van der Waals surface area (Å²) in [5.74, 6) is 0.719. The Morgan fingerprint density at radius 3 is 2.44 bits per heavy atom. The maximum atomic E-state index is 13.0. The summed E-state index contributed by atoms with van der Waals surface area (Å²) in [6.07, 6.45) is 1.36. The number of rotatable bonds is 5. The molecular formula is C19H18O6. The molecule has 2 aromatic carbocycles. The van der Waals surface area contributed by atoms with Crippen LogP contribution in [0.2, 0.25) is 0 Å². The molecule has 0 amide bonds. The summed E-state index contributed by atoms with van der Waals surface area (Å²) in [5.41, 5.74) is 1.32. The maximum absolute atomic E-state index is 13.0. The molecule has 0 aliphatic carbocycles. The first kappa shape index (κ1) is 16.9. The van der Waals surface area contributed by atoms with E-state index in [4.69, 9.17) is 18.6 Å². The van der Waals surface area contributed by atoms with Gasteiger partial charge in [0.15, 0.2) is 5.58 Å². The van der Waals surface area contributed by atoms with Crippen molar-refractivity contribution >= 4 is 11.0 Å². The molecule has 6 nitrogen and oxygen atoms in total. The van der Waals surface area contributed by atoms with E-state index in [0.29, 0.717) is 28.2 Å². The fourth-order valence-electron chi connectivity index (χ4n) is 2.83. The van der Waals surface area contributed by atoms with Crippen molar-refractivity contribution in [1.29, 1.82) is 0 Å². The van der Waals surface area contributed by atoms with E-state index in [1.807, 2.05) is 6.07 Å². The van der Waals surface area contributed by atoms with Gasteiger partial charge in [0.2, 0.25) is 5.43 Å². The molecule has 1 heterocycles. The summed E-state index contributed by atoms with van der Waals surface area (Å²) in [6, 6.07) is 8.51. The summed E-state index contributed by atoms with van der Waals surface area (Å²) < 4.78 is 21.4. The molecular weight excluding hydrogens is 324 g/mol. The second kappa shape index (κ2) is 6.86. The lowest BCUT2D eigenvalue weighted by molar-refractivity contribution is 0.181. The molecule has 0 aliphatic rings. The van der Waals surface area contributed by atoms with E-state index < -0.39 is 0 Å². The number of fused-ring (bicyclic) bond motifs is 1. The highest BCUT2D eigenvalue weighted by Gasteiger charge is 2.20. The van der Waals surface area contributed by atoms with E-state index in [1.165, 1.54) is 33.7 Å². The third-order valence-corrected chi connectivity index (χ3v) is 3.99. The highest BCUT2D eigenvalue weighted by Crippen LogP contribution is 2.36. The van der Waals surface area contributed by atoms with E-state index in [-0.39, 0.29) is 28.8 Å². The minimum atomic E-state index is -0.358. The molecule has 3 aromatic rings. The SMILES string of the molecule is COCc1c(OC)cc(O)c2c(=O)c(-c3ccccc3OC)coc12. The maximum Gasteiger partial charge on any atom is 0.204 e. The molecule has 0 fully saturated rings. The molecule has 1 aromatic heterocycles. The molecule has 0 saturated carbocycles. The number of aromatic hydroxyl groups is 1. The van der Waals surface area contributed by atoms with Crippen LogP contribution < -0.4 is 14.9 Å². The van der Waals surface area contributed by atoms with Gasteiger partial charge in [0.05, 0.1) is 32.0 Å². The molecule has 0 spiro atoms. The summed E-state index contributed by atoms with van der Waals surface area (Å²) in [7, 11) is 4.53. The molecule has 1 N–H and O–H groups in total. The van der Waals surface area contributed by atoms with E-state index in [1.54, 1.807) is 18.2 Å². The summed E-state index contributed by atoms with van der Waals surface area (Å²) >= 11 is 0. The lowest BCUT2D eigenvalue weighted by Crippen LogP contribution is -2.08. The van der Waals surface area contributed by atoms with Crippen molar-refractivity contribution in [2.24, 2.45) is 0 Å². The van der Waals surface area contributed by atoms with Crippen LogP contribution in [0.1, 0.15) is 5.56 Å². The third kappa shape index (κ3) is 2.81. The Balaban J connectivity index is 2.35. The molecule has 0 bridgehead atoms. The smallest absolute Gasteiger partial charge is 0.204 e. The number of phenolic OH excluding ortho intramolecular Hbond substituents is 1. The fraction of sp³-hybridized carbons (Fsp3) is 0.211. The average Bonchev–Trinajstić information content (AvgIpc) is 2.63. The molecule has 0 aliphatic heterocycles. The van der Waals surface area contributed by atoms with E-state index >= 15 is 0 Å². The standard InChI is InChI=1S/C19H18O6/c1-22-9-13-16(24-3)8-14(20)17-18(21)12(10-25-19(13)17)11-6-4-5-7-15(11)23-2/h4-8,10,20H,9H2,1-3H3. The third-order valence-electron chi connectivity index (χ3n) is 3.99. The first-order valence-electron chi connectivity index (χ1n) is 7.59. The number of benzene rings is 2. The van der Waals surface area contributed by atoms with Crippen molar-refractivity contribution in [2.45, 2.75) is 6.61 Å². The van der Waals surface area contributed by atoms with Gasteiger partial charge in [-0.3, -0.25) is 4.79 Å². The molecule has 0 radical (unpaired) electrons. The molecule has 0 saturated heterocycles. The van der Waals surface area contributed by atoms with Gasteiger partial charge in [0.1, 0.15) is 28.9 Å². The lowest BCUT2D eigenvalue weighted by atomic mass is 10.0. The Morgan fingerprint density at radius 1 is 1.04 bits per heavy atom. The van der Waals surface area contributed by atoms with Gasteiger partial charge in [-0.05, 0) is 6.07 Å². The number of methoxy groups -OCH3 is 3. The second-order valence-electron chi connectivity index (χ2n) is 5.39. The van der Waals surface area contributed by atoms with Crippen LogP contribution in [-0.2, 0) is 11.3 Å². The van der Waals surface area contributed by atoms with Crippen LogP contribution in [0.5, 0.6) is 17.2 Å². The van der Waals surface area contributed by atoms with Gasteiger partial charge in [-0.1, -0.05) is 18.2 Å². The first-order valence-corrected chi connectivity index (χ1v) is 7.59. The Labute approximate surface area is 144 Å². The average molecular weight is 342 g/mol. The van der Waals surface area contributed by atoms with Crippen molar-refractivity contribution in [3.8, 4) is 28.4 Å². The first-order chi connectivity index (χ1) is 12.1. The Morgan fingerprint density at radius 2 is 1.76 bits per heavy atom. The molecule has 6 heteroatoms. The van der Waals surface area contributed by atoms with Gasteiger partial charge < -0.3 is 23.7 Å². The van der Waals surface area contributed by atoms with Crippen LogP contribution >= 0.6 is 0 Å². The molecule has 0 unspecified atom stereocenters. The second-order valence-corrected chi connectivity index (χ2v) is 5.39. The predicted molar refractivity (Wildman–Crippen MR) is 93.4 cm³/mol. The number of hydrogen-bond donors (Lipinski definition) is 1. The zero-order chi connectivity index (χ0) is 18.0. The van der Waals surface area contributed by atoms with Gasteiger partial charge >= 0.3 is 0 Å². The van der Waals surface area contributed by atoms with Crippen LogP contribution in [0, 0.1) is 0 Å². The van der Waals surface area contributed by atoms with Crippen LogP contribution in [0.25, 0.3) is 22.1 Å². The summed E-state index contributed by atoms with van der Waals surface area (Å²) in [6.45, 7) is 0.177.